The van der Waals surface area contributed by atoms with Crippen LogP contribution in [-0.4, -0.2) is 42.6 Å². The van der Waals surface area contributed by atoms with Crippen molar-refractivity contribution in [2.24, 2.45) is 0 Å². The van der Waals surface area contributed by atoms with Crippen LogP contribution in [-0.2, 0) is 9.53 Å². The second-order valence-corrected chi connectivity index (χ2v) is 7.59. The Morgan fingerprint density at radius 2 is 2.09 bits per heavy atom. The number of hydrogen-bond acceptors (Lipinski definition) is 6. The Bertz CT molecular complexity index is 547. The summed E-state index contributed by atoms with van der Waals surface area (Å²) in [6.07, 6.45) is 0. The quantitative estimate of drug-likeness (QED) is 0.835. The lowest BCUT2D eigenvalue weighted by Gasteiger charge is -2.26. The van der Waals surface area contributed by atoms with Crippen molar-refractivity contribution in [2.75, 3.05) is 31.2 Å². The molecule has 1 N–H and O–H groups in total. The molecular formula is C15H23N3O2S2. The number of aromatic nitrogens is 1. The Labute approximate surface area is 140 Å². The number of ether oxygens (including phenoxy) is 1. The zero-order valence-corrected chi connectivity index (χ0v) is 15.1. The molecule has 1 unspecified atom stereocenters. The van der Waals surface area contributed by atoms with E-state index in [1.807, 2.05) is 6.92 Å². The van der Waals surface area contributed by atoms with Gasteiger partial charge in [0.15, 0.2) is 5.13 Å². The minimum absolute atomic E-state index is 0.0135. The van der Waals surface area contributed by atoms with Crippen molar-refractivity contribution in [3.8, 4) is 0 Å². The van der Waals surface area contributed by atoms with Gasteiger partial charge in [0.1, 0.15) is 0 Å². The zero-order valence-electron chi connectivity index (χ0n) is 13.5. The highest BCUT2D eigenvalue weighted by molar-refractivity contribution is 8.08. The molecule has 0 spiro atoms. The lowest BCUT2D eigenvalue weighted by Crippen LogP contribution is -2.36. The number of nitrogens with one attached hydrogen (secondary N) is 1. The largest absolute Gasteiger partial charge is 0.378 e. The lowest BCUT2D eigenvalue weighted by atomic mass is 10.3. The molecule has 2 rings (SSSR count). The molecule has 0 bridgehead atoms. The first-order valence-corrected chi connectivity index (χ1v) is 9.13. The molecule has 1 aromatic rings. The van der Waals surface area contributed by atoms with Crippen LogP contribution in [0.2, 0.25) is 0 Å². The lowest BCUT2D eigenvalue weighted by molar-refractivity contribution is -0.119. The van der Waals surface area contributed by atoms with E-state index in [9.17, 15) is 4.79 Å². The highest BCUT2D eigenvalue weighted by atomic mass is 32.2. The van der Waals surface area contributed by atoms with E-state index >= 15 is 0 Å². The number of nitrogens with zero attached hydrogens (tertiary/aromatic N) is 2. The van der Waals surface area contributed by atoms with Crippen molar-refractivity contribution < 1.29 is 9.53 Å². The second-order valence-electron chi connectivity index (χ2n) is 5.40. The topological polar surface area (TPSA) is 54.5 Å². The summed E-state index contributed by atoms with van der Waals surface area (Å²) in [6, 6.07) is 0. The molecule has 122 valence electrons. The summed E-state index contributed by atoms with van der Waals surface area (Å²) in [4.78, 5) is 19.4. The highest BCUT2D eigenvalue weighted by Crippen LogP contribution is 2.35. The number of thiazole rings is 1. The first-order valence-electron chi connectivity index (χ1n) is 7.37. The van der Waals surface area contributed by atoms with E-state index in [1.54, 1.807) is 30.0 Å². The minimum Gasteiger partial charge on any atom is -0.378 e. The number of rotatable bonds is 5. The van der Waals surface area contributed by atoms with Gasteiger partial charge >= 0.3 is 0 Å². The number of anilines is 1. The van der Waals surface area contributed by atoms with E-state index in [2.05, 4.69) is 29.4 Å². The monoisotopic (exact) mass is 341 g/mol. The van der Waals surface area contributed by atoms with Gasteiger partial charge in [0, 0.05) is 30.3 Å². The van der Waals surface area contributed by atoms with Gasteiger partial charge in [-0.25, -0.2) is 4.98 Å². The summed E-state index contributed by atoms with van der Waals surface area (Å²) < 4.78 is 5.38. The maximum absolute atomic E-state index is 11.2. The number of thioether (sulfide) groups is 1. The van der Waals surface area contributed by atoms with Gasteiger partial charge in [0.25, 0.3) is 0 Å². The summed E-state index contributed by atoms with van der Waals surface area (Å²) >= 11 is 3.31. The van der Waals surface area contributed by atoms with Gasteiger partial charge < -0.3 is 15.0 Å². The number of carbonyl (C=O) groups excluding carboxylic acids is 1. The molecule has 22 heavy (non-hydrogen) atoms. The fourth-order valence-corrected chi connectivity index (χ4v) is 4.18. The van der Waals surface area contributed by atoms with E-state index in [0.717, 1.165) is 42.0 Å². The molecule has 0 aliphatic carbocycles. The first-order chi connectivity index (χ1) is 10.5. The third-order valence-corrected chi connectivity index (χ3v) is 5.39. The summed E-state index contributed by atoms with van der Waals surface area (Å²) in [5.41, 5.74) is 2.20. The van der Waals surface area contributed by atoms with E-state index in [1.165, 1.54) is 5.57 Å². The molecule has 1 amide bonds. The predicted octanol–water partition coefficient (Wildman–Crippen LogP) is 2.95. The van der Waals surface area contributed by atoms with Gasteiger partial charge in [-0.1, -0.05) is 17.3 Å². The van der Waals surface area contributed by atoms with Crippen molar-refractivity contribution >= 4 is 39.0 Å². The fourth-order valence-electron chi connectivity index (χ4n) is 2.20. The molecule has 0 saturated carbocycles. The molecule has 1 aliphatic rings. The van der Waals surface area contributed by atoms with Gasteiger partial charge in [0.2, 0.25) is 5.91 Å². The van der Waals surface area contributed by atoms with Crippen molar-refractivity contribution in [1.29, 1.82) is 0 Å². The van der Waals surface area contributed by atoms with Crippen LogP contribution in [0.5, 0.6) is 0 Å². The first kappa shape index (κ1) is 17.3. The number of hydrogen-bond donors (Lipinski definition) is 1. The molecule has 1 saturated heterocycles. The van der Waals surface area contributed by atoms with Crippen LogP contribution >= 0.6 is 23.1 Å². The Kier molecular flexibility index (Phi) is 6.28. The van der Waals surface area contributed by atoms with Gasteiger partial charge in [-0.15, -0.1) is 11.3 Å². The average Bonchev–Trinajstić information content (AvgIpc) is 2.94. The van der Waals surface area contributed by atoms with E-state index in [-0.39, 0.29) is 11.3 Å². The maximum Gasteiger partial charge on any atom is 0.217 e. The van der Waals surface area contributed by atoms with Crippen molar-refractivity contribution in [2.45, 2.75) is 33.1 Å². The van der Waals surface area contributed by atoms with Crippen molar-refractivity contribution in [3.63, 3.8) is 0 Å². The average molecular weight is 342 g/mol. The summed E-state index contributed by atoms with van der Waals surface area (Å²) in [7, 11) is 0. The Balaban J connectivity index is 2.11. The van der Waals surface area contributed by atoms with Crippen LogP contribution in [0.4, 0.5) is 5.13 Å². The van der Waals surface area contributed by atoms with Crippen LogP contribution in [0, 0.1) is 0 Å². The summed E-state index contributed by atoms with van der Waals surface area (Å²) in [5, 5.41) is 6.07. The molecule has 1 aromatic heterocycles. The Morgan fingerprint density at radius 3 is 2.68 bits per heavy atom. The van der Waals surface area contributed by atoms with Crippen molar-refractivity contribution in [3.05, 3.63) is 16.6 Å². The number of carbonyl (C=O) groups is 1. The Morgan fingerprint density at radius 1 is 1.41 bits per heavy atom. The van der Waals surface area contributed by atoms with Crippen molar-refractivity contribution in [1.82, 2.24) is 10.3 Å². The Hall–Kier alpha value is -1.05. The van der Waals surface area contributed by atoms with Gasteiger partial charge in [0.05, 0.1) is 24.3 Å². The van der Waals surface area contributed by atoms with Crippen LogP contribution in [0.1, 0.15) is 33.4 Å². The number of amides is 1. The standard InChI is InChI=1S/C15H23N3O2S2/c1-10(2)14(22-12(4)16-11(3)19)13-9-21-15(17-13)18-5-7-20-8-6-18/h9,12H,5-8H2,1-4H3,(H,16,19). The third-order valence-electron chi connectivity index (χ3n) is 3.16. The second kappa shape index (κ2) is 7.99. The molecule has 1 fully saturated rings. The molecule has 2 heterocycles. The predicted molar refractivity (Wildman–Crippen MR) is 94.3 cm³/mol. The van der Waals surface area contributed by atoms with Crippen LogP contribution < -0.4 is 10.2 Å². The zero-order chi connectivity index (χ0) is 16.1. The molecule has 0 aromatic carbocycles. The van der Waals surface area contributed by atoms with E-state index in [4.69, 9.17) is 9.72 Å². The molecular weight excluding hydrogens is 318 g/mol. The molecule has 1 atom stereocenters. The van der Waals surface area contributed by atoms with Crippen LogP contribution in [0.3, 0.4) is 0 Å². The molecule has 0 radical (unpaired) electrons. The fraction of sp³-hybridized carbons (Fsp3) is 0.600. The summed E-state index contributed by atoms with van der Waals surface area (Å²) in [6.45, 7) is 11.0. The summed E-state index contributed by atoms with van der Waals surface area (Å²) in [5.74, 6) is -0.0135. The SMILES string of the molecule is CC(=O)NC(C)SC(=C(C)C)c1csc(N2CCOCC2)n1. The maximum atomic E-state index is 11.2. The highest BCUT2D eigenvalue weighted by Gasteiger charge is 2.18. The van der Waals surface area contributed by atoms with Gasteiger partial charge in [-0.2, -0.15) is 0 Å². The molecule has 1 aliphatic heterocycles. The number of allylic oxidation sites excluding steroid dienone is 1. The minimum atomic E-state index is -0.0135. The van der Waals surface area contributed by atoms with Crippen LogP contribution in [0.25, 0.3) is 4.91 Å². The number of morpholine rings is 1. The van der Waals surface area contributed by atoms with Gasteiger partial charge in [-0.05, 0) is 20.8 Å². The van der Waals surface area contributed by atoms with E-state index < -0.39 is 0 Å². The normalized spacial score (nSPS) is 16.3. The molecule has 7 heteroatoms. The third kappa shape index (κ3) is 4.72. The van der Waals surface area contributed by atoms with Crippen LogP contribution in [0.15, 0.2) is 11.0 Å². The van der Waals surface area contributed by atoms with E-state index in [0.29, 0.717) is 0 Å². The smallest absolute Gasteiger partial charge is 0.217 e. The van der Waals surface area contributed by atoms with Gasteiger partial charge in [-0.3, -0.25) is 4.79 Å². The molecule has 5 nitrogen and oxygen atoms in total.